The lowest BCUT2D eigenvalue weighted by atomic mass is 10.1. The first-order valence-corrected chi connectivity index (χ1v) is 6.62. The maximum absolute atomic E-state index is 9.01. The van der Waals surface area contributed by atoms with Crippen LogP contribution in [0.3, 0.4) is 0 Å². The van der Waals surface area contributed by atoms with Gasteiger partial charge in [-0.2, -0.15) is 5.26 Å². The summed E-state index contributed by atoms with van der Waals surface area (Å²) in [5, 5.41) is 12.5. The lowest BCUT2D eigenvalue weighted by Gasteiger charge is -2.17. The van der Waals surface area contributed by atoms with Gasteiger partial charge < -0.3 is 10.1 Å². The Morgan fingerprint density at radius 2 is 2.28 bits per heavy atom. The Kier molecular flexibility index (Phi) is 4.22. The molecule has 2 rings (SSSR count). The zero-order chi connectivity index (χ0) is 13.0. The Hall–Kier alpha value is -1.53. The molecule has 1 fully saturated rings. The van der Waals surface area contributed by atoms with Crippen LogP contribution < -0.4 is 10.1 Å². The summed E-state index contributed by atoms with van der Waals surface area (Å²) in [6.45, 7) is 4.82. The Morgan fingerprint density at radius 3 is 2.89 bits per heavy atom. The van der Waals surface area contributed by atoms with Crippen molar-refractivity contribution in [1.29, 1.82) is 5.26 Å². The molecule has 0 aromatic heterocycles. The van der Waals surface area contributed by atoms with E-state index in [0.717, 1.165) is 23.4 Å². The average Bonchev–Trinajstić information content (AvgIpc) is 3.19. The second-order valence-corrected chi connectivity index (χ2v) is 4.86. The average molecular weight is 244 g/mol. The van der Waals surface area contributed by atoms with E-state index in [-0.39, 0.29) is 6.10 Å². The first-order valence-electron chi connectivity index (χ1n) is 6.62. The molecule has 3 heteroatoms. The molecule has 1 aromatic rings. The fraction of sp³-hybridized carbons (Fsp3) is 0.533. The van der Waals surface area contributed by atoms with E-state index in [0.29, 0.717) is 12.5 Å². The van der Waals surface area contributed by atoms with Crippen LogP contribution in [0.1, 0.15) is 37.3 Å². The van der Waals surface area contributed by atoms with Gasteiger partial charge in [0, 0.05) is 18.2 Å². The third-order valence-electron chi connectivity index (χ3n) is 3.23. The number of ether oxygens (including phenoxy) is 1. The molecule has 0 radical (unpaired) electrons. The molecule has 0 amide bonds. The normalized spacial score (nSPS) is 16.1. The Bertz CT molecular complexity index is 446. The highest BCUT2D eigenvalue weighted by molar-refractivity contribution is 5.41. The number of hydrogen-bond acceptors (Lipinski definition) is 3. The lowest BCUT2D eigenvalue weighted by Crippen LogP contribution is -2.19. The fourth-order valence-electron chi connectivity index (χ4n) is 1.91. The van der Waals surface area contributed by atoms with Crippen LogP contribution >= 0.6 is 0 Å². The summed E-state index contributed by atoms with van der Waals surface area (Å²) in [4.78, 5) is 0. The van der Waals surface area contributed by atoms with Gasteiger partial charge in [-0.05, 0) is 31.7 Å². The number of benzene rings is 1. The van der Waals surface area contributed by atoms with Gasteiger partial charge in [0.15, 0.2) is 6.10 Å². The number of rotatable bonds is 6. The van der Waals surface area contributed by atoms with Gasteiger partial charge in [-0.15, -0.1) is 0 Å². The molecule has 18 heavy (non-hydrogen) atoms. The summed E-state index contributed by atoms with van der Waals surface area (Å²) >= 11 is 0. The molecule has 0 saturated heterocycles. The molecule has 0 heterocycles. The van der Waals surface area contributed by atoms with Crippen LogP contribution in [0.5, 0.6) is 5.75 Å². The van der Waals surface area contributed by atoms with E-state index >= 15 is 0 Å². The number of hydrogen-bond donors (Lipinski definition) is 1. The van der Waals surface area contributed by atoms with Gasteiger partial charge >= 0.3 is 0 Å². The smallest absolute Gasteiger partial charge is 0.184 e. The van der Waals surface area contributed by atoms with Gasteiger partial charge in [-0.1, -0.05) is 25.1 Å². The highest BCUT2D eigenvalue weighted by Gasteiger charge is 2.21. The van der Waals surface area contributed by atoms with Crippen molar-refractivity contribution in [3.05, 3.63) is 29.3 Å². The molecule has 1 aliphatic rings. The summed E-state index contributed by atoms with van der Waals surface area (Å²) in [7, 11) is 0. The summed E-state index contributed by atoms with van der Waals surface area (Å²) in [5.41, 5.74) is 2.24. The fourth-order valence-corrected chi connectivity index (χ4v) is 1.91. The highest BCUT2D eigenvalue weighted by Crippen LogP contribution is 2.26. The van der Waals surface area contributed by atoms with Crippen LogP contribution in [0.2, 0.25) is 0 Å². The van der Waals surface area contributed by atoms with Crippen molar-refractivity contribution in [2.45, 2.75) is 51.8 Å². The van der Waals surface area contributed by atoms with E-state index in [2.05, 4.69) is 17.5 Å². The quantitative estimate of drug-likeness (QED) is 0.836. The third-order valence-corrected chi connectivity index (χ3v) is 3.23. The van der Waals surface area contributed by atoms with Gasteiger partial charge in [0.25, 0.3) is 0 Å². The standard InChI is InChI=1S/C15H20N2O/c1-3-14(9-16)18-15-11(2)5-4-6-12(15)10-17-13-7-8-13/h4-6,13-14,17H,3,7-8,10H2,1-2H3. The largest absolute Gasteiger partial charge is 0.475 e. The summed E-state index contributed by atoms with van der Waals surface area (Å²) in [6, 6.07) is 9.01. The van der Waals surface area contributed by atoms with Crippen molar-refractivity contribution in [2.24, 2.45) is 0 Å². The Labute approximate surface area is 109 Å². The van der Waals surface area contributed by atoms with Crippen LogP contribution in [0.25, 0.3) is 0 Å². The van der Waals surface area contributed by atoms with Crippen LogP contribution in [0.4, 0.5) is 0 Å². The second kappa shape index (κ2) is 5.88. The molecule has 1 aliphatic carbocycles. The van der Waals surface area contributed by atoms with Crippen LogP contribution in [-0.4, -0.2) is 12.1 Å². The molecule has 1 unspecified atom stereocenters. The zero-order valence-electron chi connectivity index (χ0n) is 11.1. The summed E-state index contributed by atoms with van der Waals surface area (Å²) in [5.74, 6) is 0.874. The first kappa shape index (κ1) is 12.9. The predicted octanol–water partition coefficient (Wildman–Crippen LogP) is 2.93. The van der Waals surface area contributed by atoms with Crippen molar-refractivity contribution < 1.29 is 4.74 Å². The summed E-state index contributed by atoms with van der Waals surface area (Å²) in [6.07, 6.45) is 2.90. The molecule has 0 bridgehead atoms. The number of nitriles is 1. The minimum absolute atomic E-state index is 0.356. The van der Waals surface area contributed by atoms with Gasteiger partial charge in [0.05, 0.1) is 0 Å². The van der Waals surface area contributed by atoms with Crippen LogP contribution in [0.15, 0.2) is 18.2 Å². The third kappa shape index (κ3) is 3.24. The molecule has 3 nitrogen and oxygen atoms in total. The van der Waals surface area contributed by atoms with E-state index in [1.165, 1.54) is 12.8 Å². The molecule has 96 valence electrons. The molecule has 1 aromatic carbocycles. The van der Waals surface area contributed by atoms with Crippen LogP contribution in [0, 0.1) is 18.3 Å². The van der Waals surface area contributed by atoms with E-state index in [1.54, 1.807) is 0 Å². The van der Waals surface area contributed by atoms with Crippen molar-refractivity contribution in [3.8, 4) is 11.8 Å². The van der Waals surface area contributed by atoms with E-state index in [9.17, 15) is 0 Å². The van der Waals surface area contributed by atoms with E-state index < -0.39 is 0 Å². The minimum atomic E-state index is -0.356. The minimum Gasteiger partial charge on any atom is -0.475 e. The number of aryl methyl sites for hydroxylation is 1. The van der Waals surface area contributed by atoms with Crippen molar-refractivity contribution in [2.75, 3.05) is 0 Å². The molecule has 1 saturated carbocycles. The molecular weight excluding hydrogens is 224 g/mol. The van der Waals surface area contributed by atoms with Gasteiger partial charge in [-0.25, -0.2) is 0 Å². The van der Waals surface area contributed by atoms with Crippen LogP contribution in [-0.2, 0) is 6.54 Å². The van der Waals surface area contributed by atoms with Gasteiger partial charge in [0.1, 0.15) is 11.8 Å². The maximum atomic E-state index is 9.01. The van der Waals surface area contributed by atoms with Gasteiger partial charge in [0.2, 0.25) is 0 Å². The lowest BCUT2D eigenvalue weighted by molar-refractivity contribution is 0.247. The maximum Gasteiger partial charge on any atom is 0.184 e. The Balaban J connectivity index is 2.11. The number of nitrogens with one attached hydrogen (secondary N) is 1. The summed E-state index contributed by atoms with van der Waals surface area (Å²) < 4.78 is 5.83. The number of para-hydroxylation sites is 1. The van der Waals surface area contributed by atoms with Crippen molar-refractivity contribution in [1.82, 2.24) is 5.32 Å². The molecule has 0 spiro atoms. The van der Waals surface area contributed by atoms with E-state index in [4.69, 9.17) is 10.00 Å². The molecule has 0 aliphatic heterocycles. The molecule has 1 atom stereocenters. The molecule has 1 N–H and O–H groups in total. The monoisotopic (exact) mass is 244 g/mol. The van der Waals surface area contributed by atoms with Gasteiger partial charge in [-0.3, -0.25) is 0 Å². The highest BCUT2D eigenvalue weighted by atomic mass is 16.5. The Morgan fingerprint density at radius 1 is 1.50 bits per heavy atom. The zero-order valence-corrected chi connectivity index (χ0v) is 11.1. The van der Waals surface area contributed by atoms with Crippen molar-refractivity contribution in [3.63, 3.8) is 0 Å². The first-order chi connectivity index (χ1) is 8.74. The topological polar surface area (TPSA) is 45.0 Å². The second-order valence-electron chi connectivity index (χ2n) is 4.86. The molecular formula is C15H20N2O. The predicted molar refractivity (Wildman–Crippen MR) is 71.4 cm³/mol. The van der Waals surface area contributed by atoms with Crippen molar-refractivity contribution >= 4 is 0 Å². The number of nitrogens with zero attached hydrogens (tertiary/aromatic N) is 1. The SMILES string of the molecule is CCC(C#N)Oc1c(C)cccc1CNC1CC1. The van der Waals surface area contributed by atoms with E-state index in [1.807, 2.05) is 26.0 Å².